The Balaban J connectivity index is -0.000000644. The molecule has 0 amide bonds. The number of unbranched alkanes of at least 4 members (excludes halogenated alkanes) is 12. The van der Waals surface area contributed by atoms with Crippen molar-refractivity contribution in [1.29, 1.82) is 0 Å². The van der Waals surface area contributed by atoms with Gasteiger partial charge in [-0.3, -0.25) is 4.79 Å². The maximum absolute atomic E-state index is 11.7. The molecule has 0 aliphatic rings. The van der Waals surface area contributed by atoms with Gasteiger partial charge in [0.05, 0.1) is 19.6 Å². The van der Waals surface area contributed by atoms with Crippen LogP contribution in [0.25, 0.3) is 0 Å². The van der Waals surface area contributed by atoms with Gasteiger partial charge in [0, 0.05) is 11.8 Å². The minimum atomic E-state index is -0.310. The van der Waals surface area contributed by atoms with Crippen LogP contribution in [0.5, 0.6) is 0 Å². The van der Waals surface area contributed by atoms with Crippen molar-refractivity contribution < 1.29 is 19.1 Å². The SMILES string of the molecule is C=CC(=O)OCC(CC)CCCC.CCCCCCCCS.CCCCCCCCSCCC(=O)OCC(CC)CCCC. The molecule has 0 spiro atoms. The third-order valence-corrected chi connectivity index (χ3v) is 9.19. The lowest BCUT2D eigenvalue weighted by Crippen LogP contribution is -2.14. The molecule has 2 atom stereocenters. The van der Waals surface area contributed by atoms with E-state index in [9.17, 15) is 9.59 Å². The molecule has 0 aliphatic heterocycles. The number of esters is 2. The van der Waals surface area contributed by atoms with Crippen LogP contribution in [-0.2, 0) is 19.1 Å². The summed E-state index contributed by atoms with van der Waals surface area (Å²) in [5.74, 6) is 3.92. The van der Waals surface area contributed by atoms with Gasteiger partial charge in [-0.1, -0.05) is 151 Å². The number of ether oxygens (including phenoxy) is 2. The van der Waals surface area contributed by atoms with Crippen LogP contribution in [0.15, 0.2) is 12.7 Å². The summed E-state index contributed by atoms with van der Waals surface area (Å²) in [6.07, 6.45) is 27.5. The third-order valence-electron chi connectivity index (χ3n) is 7.80. The summed E-state index contributed by atoms with van der Waals surface area (Å²) in [7, 11) is 0. The van der Waals surface area contributed by atoms with Gasteiger partial charge in [-0.05, 0) is 49.0 Å². The van der Waals surface area contributed by atoms with Gasteiger partial charge < -0.3 is 9.47 Å². The molecule has 0 N–H and O–H groups in total. The van der Waals surface area contributed by atoms with Crippen LogP contribution in [0, 0.1) is 11.8 Å². The van der Waals surface area contributed by atoms with E-state index in [0.717, 1.165) is 30.8 Å². The summed E-state index contributed by atoms with van der Waals surface area (Å²) in [6, 6.07) is 0. The topological polar surface area (TPSA) is 52.6 Å². The predicted octanol–water partition coefficient (Wildman–Crippen LogP) is 12.4. The van der Waals surface area contributed by atoms with Crippen LogP contribution in [0.4, 0.5) is 0 Å². The predicted molar refractivity (Wildman–Crippen MR) is 201 cm³/mol. The smallest absolute Gasteiger partial charge is 0.330 e. The largest absolute Gasteiger partial charge is 0.465 e. The van der Waals surface area contributed by atoms with E-state index in [2.05, 4.69) is 60.8 Å². The molecule has 0 aromatic heterocycles. The lowest BCUT2D eigenvalue weighted by molar-refractivity contribution is -0.144. The van der Waals surface area contributed by atoms with Gasteiger partial charge in [0.1, 0.15) is 0 Å². The number of thioether (sulfide) groups is 1. The zero-order chi connectivity index (χ0) is 33.5. The summed E-state index contributed by atoms with van der Waals surface area (Å²) in [5.41, 5.74) is 0. The zero-order valence-corrected chi connectivity index (χ0v) is 32.0. The first-order chi connectivity index (χ1) is 21.4. The van der Waals surface area contributed by atoms with Gasteiger partial charge in [0.15, 0.2) is 0 Å². The van der Waals surface area contributed by atoms with E-state index in [1.165, 1.54) is 121 Å². The first kappa shape index (κ1) is 47.8. The van der Waals surface area contributed by atoms with E-state index >= 15 is 0 Å². The maximum atomic E-state index is 11.7. The molecule has 0 radical (unpaired) electrons. The molecule has 0 aromatic carbocycles. The Bertz CT molecular complexity index is 579. The standard InChI is InChI=1S/C19H38O2S.C11H20O2.C8H18S/c1-4-7-9-10-11-12-15-22-16-14-19(20)21-17-18(6-3)13-8-5-2;1-4-7-8-10(5-2)9-13-11(12)6-3;1-2-3-4-5-6-7-8-9/h18H,4-17H2,1-3H3;6,10H,3-5,7-9H2,1-2H3;9H,2-8H2,1H3. The Morgan fingerprint density at radius 1 is 0.636 bits per heavy atom. The third kappa shape index (κ3) is 41.4. The van der Waals surface area contributed by atoms with Crippen molar-refractivity contribution in [3.05, 3.63) is 12.7 Å². The fourth-order valence-corrected chi connectivity index (χ4v) is 5.62. The van der Waals surface area contributed by atoms with Crippen molar-refractivity contribution in [2.75, 3.05) is 30.5 Å². The van der Waals surface area contributed by atoms with Gasteiger partial charge in [-0.15, -0.1) is 0 Å². The summed E-state index contributed by atoms with van der Waals surface area (Å²) >= 11 is 6.04. The molecule has 0 saturated carbocycles. The molecule has 44 heavy (non-hydrogen) atoms. The van der Waals surface area contributed by atoms with E-state index in [4.69, 9.17) is 9.47 Å². The summed E-state index contributed by atoms with van der Waals surface area (Å²) < 4.78 is 10.4. The first-order valence-corrected chi connectivity index (χ1v) is 20.3. The van der Waals surface area contributed by atoms with E-state index in [-0.39, 0.29) is 11.9 Å². The van der Waals surface area contributed by atoms with E-state index in [0.29, 0.717) is 31.5 Å². The lowest BCUT2D eigenvalue weighted by Gasteiger charge is -2.14. The molecule has 0 bridgehead atoms. The average molecular weight is 661 g/mol. The monoisotopic (exact) mass is 661 g/mol. The molecule has 6 heteroatoms. The number of rotatable bonds is 29. The minimum Gasteiger partial charge on any atom is -0.465 e. The Morgan fingerprint density at radius 2 is 1.09 bits per heavy atom. The van der Waals surface area contributed by atoms with Crippen molar-refractivity contribution in [3.8, 4) is 0 Å². The highest BCUT2D eigenvalue weighted by atomic mass is 32.2. The van der Waals surface area contributed by atoms with Crippen LogP contribution < -0.4 is 0 Å². The van der Waals surface area contributed by atoms with Crippen LogP contribution in [-0.4, -0.2) is 42.4 Å². The maximum Gasteiger partial charge on any atom is 0.330 e. The van der Waals surface area contributed by atoms with Crippen molar-refractivity contribution in [2.45, 2.75) is 176 Å². The van der Waals surface area contributed by atoms with E-state index < -0.39 is 0 Å². The molecular formula is C38H76O4S2. The summed E-state index contributed by atoms with van der Waals surface area (Å²) in [4.78, 5) is 22.5. The molecular weight excluding hydrogens is 585 g/mol. The molecule has 4 nitrogen and oxygen atoms in total. The van der Waals surface area contributed by atoms with Crippen molar-refractivity contribution in [3.63, 3.8) is 0 Å². The quantitative estimate of drug-likeness (QED) is 0.0374. The minimum absolute atomic E-state index is 0.00889. The first-order valence-electron chi connectivity index (χ1n) is 18.5. The lowest BCUT2D eigenvalue weighted by atomic mass is 10.0. The fraction of sp³-hybridized carbons (Fsp3) is 0.895. The fourth-order valence-electron chi connectivity index (χ4n) is 4.47. The highest BCUT2D eigenvalue weighted by Crippen LogP contribution is 2.15. The number of hydrogen-bond donors (Lipinski definition) is 1. The van der Waals surface area contributed by atoms with Gasteiger partial charge >= 0.3 is 11.9 Å². The van der Waals surface area contributed by atoms with Gasteiger partial charge in [-0.2, -0.15) is 24.4 Å². The van der Waals surface area contributed by atoms with Crippen LogP contribution in [0.1, 0.15) is 176 Å². The van der Waals surface area contributed by atoms with E-state index in [1.54, 1.807) is 0 Å². The molecule has 0 heterocycles. The Labute approximate surface area is 285 Å². The van der Waals surface area contributed by atoms with Gasteiger partial charge in [0.25, 0.3) is 0 Å². The van der Waals surface area contributed by atoms with E-state index in [1.807, 2.05) is 11.8 Å². The Hall–Kier alpha value is -0.620. The molecule has 2 unspecified atom stereocenters. The molecule has 0 rings (SSSR count). The van der Waals surface area contributed by atoms with Crippen molar-refractivity contribution in [1.82, 2.24) is 0 Å². The number of thiol groups is 1. The number of carbonyl (C=O) groups excluding carboxylic acids is 2. The Morgan fingerprint density at radius 3 is 1.55 bits per heavy atom. The molecule has 0 saturated heterocycles. The molecule has 0 fully saturated rings. The highest BCUT2D eigenvalue weighted by Gasteiger charge is 2.10. The molecule has 264 valence electrons. The normalized spacial score (nSPS) is 11.8. The number of hydrogen-bond acceptors (Lipinski definition) is 6. The van der Waals surface area contributed by atoms with Gasteiger partial charge in [-0.25, -0.2) is 4.79 Å². The second-order valence-corrected chi connectivity index (χ2v) is 13.6. The zero-order valence-electron chi connectivity index (χ0n) is 30.3. The van der Waals surface area contributed by atoms with Crippen LogP contribution in [0.3, 0.4) is 0 Å². The van der Waals surface area contributed by atoms with Gasteiger partial charge in [0.2, 0.25) is 0 Å². The summed E-state index contributed by atoms with van der Waals surface area (Å²) in [6.45, 7) is 17.7. The molecule has 0 aromatic rings. The second kappa shape index (κ2) is 42.4. The van der Waals surface area contributed by atoms with Crippen LogP contribution in [0.2, 0.25) is 0 Å². The van der Waals surface area contributed by atoms with Crippen molar-refractivity contribution in [2.24, 2.45) is 11.8 Å². The second-order valence-electron chi connectivity index (χ2n) is 12.0. The Kier molecular flexibility index (Phi) is 46.0. The highest BCUT2D eigenvalue weighted by molar-refractivity contribution is 7.99. The molecule has 0 aliphatic carbocycles. The van der Waals surface area contributed by atoms with Crippen LogP contribution >= 0.6 is 24.4 Å². The number of carbonyl (C=O) groups is 2. The van der Waals surface area contributed by atoms with Crippen molar-refractivity contribution >= 4 is 36.3 Å². The summed E-state index contributed by atoms with van der Waals surface area (Å²) in [5, 5.41) is 0. The average Bonchev–Trinajstić information content (AvgIpc) is 3.04.